The predicted molar refractivity (Wildman–Crippen MR) is 68.8 cm³/mol. The van der Waals surface area contributed by atoms with E-state index >= 15 is 0 Å². The summed E-state index contributed by atoms with van der Waals surface area (Å²) in [6, 6.07) is 6.21. The maximum Gasteiger partial charge on any atom is 0.228 e. The Labute approximate surface area is 112 Å². The van der Waals surface area contributed by atoms with Crippen LogP contribution in [0.15, 0.2) is 24.3 Å². The molecule has 0 aliphatic heterocycles. The first-order valence-electron chi connectivity index (χ1n) is 4.17. The number of rotatable bonds is 3. The third kappa shape index (κ3) is 2.90. The molecule has 90 valence electrons. The molecule has 16 heavy (non-hydrogen) atoms. The van der Waals surface area contributed by atoms with E-state index in [1.165, 1.54) is 6.07 Å². The SMILES string of the molecule is CS(=O)(=O)C(Cl)(Br)C(O)c1cccc(Cl)c1. The van der Waals surface area contributed by atoms with Gasteiger partial charge < -0.3 is 5.11 Å². The lowest BCUT2D eigenvalue weighted by Crippen LogP contribution is -2.32. The summed E-state index contributed by atoms with van der Waals surface area (Å²) in [7, 11) is -3.67. The summed E-state index contributed by atoms with van der Waals surface area (Å²) >= 11 is 14.3. The second kappa shape index (κ2) is 4.82. The molecule has 3 nitrogen and oxygen atoms in total. The normalized spacial score (nSPS) is 17.8. The van der Waals surface area contributed by atoms with Gasteiger partial charge in [0.15, 0.2) is 9.84 Å². The Bertz CT molecular complexity index is 487. The van der Waals surface area contributed by atoms with Crippen LogP contribution in [0.5, 0.6) is 0 Å². The van der Waals surface area contributed by atoms with Crippen molar-refractivity contribution < 1.29 is 13.5 Å². The lowest BCUT2D eigenvalue weighted by atomic mass is 10.1. The molecule has 7 heteroatoms. The van der Waals surface area contributed by atoms with E-state index in [1.807, 2.05) is 0 Å². The van der Waals surface area contributed by atoms with E-state index in [1.54, 1.807) is 18.2 Å². The number of sulfone groups is 1. The van der Waals surface area contributed by atoms with Crippen molar-refractivity contribution in [3.63, 3.8) is 0 Å². The number of hydrogen-bond acceptors (Lipinski definition) is 3. The molecule has 1 aromatic carbocycles. The highest BCUT2D eigenvalue weighted by Crippen LogP contribution is 2.42. The first-order valence-corrected chi connectivity index (χ1v) is 7.61. The maximum absolute atomic E-state index is 11.4. The predicted octanol–water partition coefficient (Wildman–Crippen LogP) is 2.71. The van der Waals surface area contributed by atoms with Crippen molar-refractivity contribution >= 4 is 49.0 Å². The Morgan fingerprint density at radius 2 is 2.06 bits per heavy atom. The highest BCUT2D eigenvalue weighted by molar-refractivity contribution is 9.12. The summed E-state index contributed by atoms with van der Waals surface area (Å²) in [6.45, 7) is 0. The molecule has 0 aliphatic rings. The molecule has 0 bridgehead atoms. The molecule has 0 aromatic heterocycles. The van der Waals surface area contributed by atoms with Crippen LogP contribution in [0.1, 0.15) is 11.7 Å². The van der Waals surface area contributed by atoms with E-state index in [-0.39, 0.29) is 0 Å². The topological polar surface area (TPSA) is 54.4 Å². The largest absolute Gasteiger partial charge is 0.385 e. The summed E-state index contributed by atoms with van der Waals surface area (Å²) in [5.41, 5.74) is 0.324. The highest BCUT2D eigenvalue weighted by Gasteiger charge is 2.44. The molecular formula is C9H9BrCl2O3S. The highest BCUT2D eigenvalue weighted by atomic mass is 79.9. The van der Waals surface area contributed by atoms with Gasteiger partial charge in [-0.05, 0) is 33.6 Å². The van der Waals surface area contributed by atoms with E-state index in [0.29, 0.717) is 10.6 Å². The quantitative estimate of drug-likeness (QED) is 0.855. The van der Waals surface area contributed by atoms with Crippen molar-refractivity contribution in [1.29, 1.82) is 0 Å². The molecule has 0 fully saturated rings. The van der Waals surface area contributed by atoms with Gasteiger partial charge in [0.1, 0.15) is 6.10 Å². The zero-order valence-corrected chi connectivity index (χ0v) is 12.1. The number of benzene rings is 1. The number of hydrogen-bond donors (Lipinski definition) is 1. The first kappa shape index (κ1) is 14.3. The fraction of sp³-hybridized carbons (Fsp3) is 0.333. The van der Waals surface area contributed by atoms with Crippen molar-refractivity contribution in [3.8, 4) is 0 Å². The van der Waals surface area contributed by atoms with Gasteiger partial charge in [-0.2, -0.15) is 0 Å². The van der Waals surface area contributed by atoms with Crippen molar-refractivity contribution in [3.05, 3.63) is 34.9 Å². The molecular weight excluding hydrogens is 339 g/mol. The summed E-state index contributed by atoms with van der Waals surface area (Å²) < 4.78 is 20.8. The number of aliphatic hydroxyl groups excluding tert-OH is 1. The molecule has 0 spiro atoms. The third-order valence-corrected chi connectivity index (χ3v) is 6.67. The van der Waals surface area contributed by atoms with Crippen molar-refractivity contribution in [1.82, 2.24) is 0 Å². The van der Waals surface area contributed by atoms with E-state index in [9.17, 15) is 13.5 Å². The van der Waals surface area contributed by atoms with Crippen LogP contribution in [0, 0.1) is 0 Å². The minimum absolute atomic E-state index is 0.324. The minimum Gasteiger partial charge on any atom is -0.385 e. The molecule has 0 amide bonds. The Balaban J connectivity index is 3.17. The van der Waals surface area contributed by atoms with Crippen LogP contribution in [-0.4, -0.2) is 22.9 Å². The Morgan fingerprint density at radius 1 is 1.50 bits per heavy atom. The fourth-order valence-electron chi connectivity index (χ4n) is 1.07. The van der Waals surface area contributed by atoms with E-state index in [2.05, 4.69) is 15.9 Å². The number of alkyl halides is 2. The summed E-state index contributed by atoms with van der Waals surface area (Å²) in [5, 5.41) is 10.3. The first-order chi connectivity index (χ1) is 7.16. The van der Waals surface area contributed by atoms with Gasteiger partial charge in [-0.15, -0.1) is 0 Å². The lowest BCUT2D eigenvalue weighted by Gasteiger charge is -2.24. The van der Waals surface area contributed by atoms with Crippen LogP contribution < -0.4 is 0 Å². The molecule has 2 unspecified atom stereocenters. The Kier molecular flexibility index (Phi) is 4.29. The zero-order chi connectivity index (χ0) is 12.6. The monoisotopic (exact) mass is 346 g/mol. The Hall–Kier alpha value is 0.190. The second-order valence-electron chi connectivity index (χ2n) is 3.29. The fourth-order valence-corrected chi connectivity index (χ4v) is 2.20. The molecule has 0 radical (unpaired) electrons. The minimum atomic E-state index is -3.67. The van der Waals surface area contributed by atoms with E-state index in [4.69, 9.17) is 23.2 Å². The van der Waals surface area contributed by atoms with Gasteiger partial charge in [0, 0.05) is 11.3 Å². The molecule has 1 aromatic rings. The number of aliphatic hydroxyl groups is 1. The van der Waals surface area contributed by atoms with Gasteiger partial charge in [-0.3, -0.25) is 0 Å². The molecule has 0 aliphatic carbocycles. The van der Waals surface area contributed by atoms with E-state index < -0.39 is 19.1 Å². The molecule has 0 heterocycles. The molecule has 0 saturated heterocycles. The van der Waals surface area contributed by atoms with Gasteiger partial charge in [0.05, 0.1) is 0 Å². The Morgan fingerprint density at radius 3 is 2.50 bits per heavy atom. The van der Waals surface area contributed by atoms with Gasteiger partial charge in [-0.25, -0.2) is 8.42 Å². The van der Waals surface area contributed by atoms with Crippen molar-refractivity contribution in [2.75, 3.05) is 6.26 Å². The van der Waals surface area contributed by atoms with Gasteiger partial charge in [0.25, 0.3) is 0 Å². The van der Waals surface area contributed by atoms with Crippen LogP contribution in [0.3, 0.4) is 0 Å². The van der Waals surface area contributed by atoms with Crippen LogP contribution in [0.25, 0.3) is 0 Å². The van der Waals surface area contributed by atoms with Crippen LogP contribution >= 0.6 is 39.1 Å². The van der Waals surface area contributed by atoms with Crippen molar-refractivity contribution in [2.24, 2.45) is 0 Å². The van der Waals surface area contributed by atoms with E-state index in [0.717, 1.165) is 6.26 Å². The molecule has 1 N–H and O–H groups in total. The standard InChI is InChI=1S/C9H9BrCl2O3S/c1-16(14,15)9(10,12)8(13)6-3-2-4-7(11)5-6/h2-5,8,13H,1H3. The average Bonchev–Trinajstić information content (AvgIpc) is 2.14. The smallest absolute Gasteiger partial charge is 0.228 e. The zero-order valence-electron chi connectivity index (χ0n) is 8.19. The second-order valence-corrected chi connectivity index (χ2v) is 8.97. The molecule has 1 rings (SSSR count). The van der Waals surface area contributed by atoms with Gasteiger partial charge >= 0.3 is 0 Å². The summed E-state index contributed by atoms with van der Waals surface area (Å²) in [4.78, 5) is 0. The van der Waals surface area contributed by atoms with Crippen LogP contribution in [0.4, 0.5) is 0 Å². The van der Waals surface area contributed by atoms with Crippen LogP contribution in [-0.2, 0) is 9.84 Å². The van der Waals surface area contributed by atoms with Gasteiger partial charge in [0.2, 0.25) is 3.12 Å². The van der Waals surface area contributed by atoms with Crippen molar-refractivity contribution in [2.45, 2.75) is 9.22 Å². The maximum atomic E-state index is 11.4. The molecule has 0 saturated carbocycles. The van der Waals surface area contributed by atoms with Gasteiger partial charge in [-0.1, -0.05) is 35.3 Å². The summed E-state index contributed by atoms with van der Waals surface area (Å²) in [6.07, 6.45) is -0.481. The molecule has 2 atom stereocenters. The lowest BCUT2D eigenvalue weighted by molar-refractivity contribution is 0.185. The number of halogens is 3. The third-order valence-electron chi connectivity index (χ3n) is 1.98. The summed E-state index contributed by atoms with van der Waals surface area (Å²) in [5.74, 6) is 0. The van der Waals surface area contributed by atoms with Crippen LogP contribution in [0.2, 0.25) is 5.02 Å². The average molecular weight is 348 g/mol.